The minimum atomic E-state index is -3.49. The maximum atomic E-state index is 12.8. The topological polar surface area (TPSA) is 92.5 Å². The molecule has 1 unspecified atom stereocenters. The van der Waals surface area contributed by atoms with E-state index in [9.17, 15) is 13.2 Å². The first-order valence-electron chi connectivity index (χ1n) is 7.32. The van der Waals surface area contributed by atoms with Crippen molar-refractivity contribution in [2.75, 3.05) is 24.1 Å². The van der Waals surface area contributed by atoms with Gasteiger partial charge >= 0.3 is 0 Å². The number of hydrogen-bond donors (Lipinski definition) is 2. The summed E-state index contributed by atoms with van der Waals surface area (Å²) in [4.78, 5) is 14.5. The van der Waals surface area contributed by atoms with Gasteiger partial charge in [-0.2, -0.15) is 0 Å². The third-order valence-electron chi connectivity index (χ3n) is 4.11. The van der Waals surface area contributed by atoms with Gasteiger partial charge in [-0.3, -0.25) is 9.52 Å². The van der Waals surface area contributed by atoms with Crippen molar-refractivity contribution in [3.8, 4) is 0 Å². The summed E-state index contributed by atoms with van der Waals surface area (Å²) in [5.74, 6) is -0.251. The van der Waals surface area contributed by atoms with E-state index in [1.54, 1.807) is 11.0 Å². The standard InChI is InChI=1S/C15H22ClN3O3S.ClH/c1-15(2)9-19(7-6-13(15)17)14(20)11-8-10(16)4-5-12(11)18-23(3,21)22;/h4-5,8,13,18H,6-7,9,17H2,1-3H3;1H. The number of nitrogens with zero attached hydrogens (tertiary/aromatic N) is 1. The normalized spacial score (nSPS) is 20.2. The predicted octanol–water partition coefficient (Wildman–Crippen LogP) is 2.33. The molecule has 1 atom stereocenters. The molecule has 0 radical (unpaired) electrons. The molecule has 1 heterocycles. The molecule has 3 N–H and O–H groups in total. The fraction of sp³-hybridized carbons (Fsp3) is 0.533. The Kier molecular flexibility index (Phi) is 6.55. The Morgan fingerprint density at radius 2 is 2.04 bits per heavy atom. The quantitative estimate of drug-likeness (QED) is 0.820. The number of carbonyl (C=O) groups is 1. The fourth-order valence-electron chi connectivity index (χ4n) is 2.70. The number of piperidine rings is 1. The zero-order valence-corrected chi connectivity index (χ0v) is 16.3. The summed E-state index contributed by atoms with van der Waals surface area (Å²) in [6.07, 6.45) is 1.74. The number of nitrogens with two attached hydrogens (primary N) is 1. The minimum Gasteiger partial charge on any atom is -0.338 e. The molecule has 1 aliphatic heterocycles. The molecule has 1 saturated heterocycles. The van der Waals surface area contributed by atoms with Crippen LogP contribution in [0.1, 0.15) is 30.6 Å². The number of anilines is 1. The first-order chi connectivity index (χ1) is 10.5. The van der Waals surface area contributed by atoms with Crippen molar-refractivity contribution >= 4 is 45.6 Å². The Bertz CT molecular complexity index is 723. The maximum Gasteiger partial charge on any atom is 0.256 e. The van der Waals surface area contributed by atoms with Crippen molar-refractivity contribution in [3.05, 3.63) is 28.8 Å². The average Bonchev–Trinajstić information content (AvgIpc) is 2.41. The van der Waals surface area contributed by atoms with Crippen molar-refractivity contribution in [1.29, 1.82) is 0 Å². The molecule has 0 aliphatic carbocycles. The highest BCUT2D eigenvalue weighted by Crippen LogP contribution is 2.30. The van der Waals surface area contributed by atoms with Crippen LogP contribution in [0.15, 0.2) is 18.2 Å². The molecule has 2 rings (SSSR count). The monoisotopic (exact) mass is 395 g/mol. The number of benzene rings is 1. The van der Waals surface area contributed by atoms with E-state index < -0.39 is 10.0 Å². The Balaban J connectivity index is 0.00000288. The SMILES string of the molecule is CC1(C)CN(C(=O)c2cc(Cl)ccc2NS(C)(=O)=O)CCC1N.Cl. The molecule has 0 aromatic heterocycles. The van der Waals surface area contributed by atoms with Gasteiger partial charge in [0, 0.05) is 24.2 Å². The largest absolute Gasteiger partial charge is 0.338 e. The van der Waals surface area contributed by atoms with E-state index in [1.807, 2.05) is 13.8 Å². The average molecular weight is 396 g/mol. The van der Waals surface area contributed by atoms with Crippen LogP contribution in [0.25, 0.3) is 0 Å². The van der Waals surface area contributed by atoms with Gasteiger partial charge in [-0.25, -0.2) is 8.42 Å². The first-order valence-corrected chi connectivity index (χ1v) is 9.59. The molecule has 136 valence electrons. The van der Waals surface area contributed by atoms with Gasteiger partial charge in [-0.1, -0.05) is 25.4 Å². The van der Waals surface area contributed by atoms with E-state index in [0.717, 1.165) is 6.26 Å². The van der Waals surface area contributed by atoms with Crippen LogP contribution >= 0.6 is 24.0 Å². The summed E-state index contributed by atoms with van der Waals surface area (Å²) < 4.78 is 25.4. The third-order valence-corrected chi connectivity index (χ3v) is 4.93. The van der Waals surface area contributed by atoms with Gasteiger partial charge in [-0.15, -0.1) is 12.4 Å². The van der Waals surface area contributed by atoms with Crippen LogP contribution in [0.3, 0.4) is 0 Å². The van der Waals surface area contributed by atoms with Crippen LogP contribution in [0.4, 0.5) is 5.69 Å². The Morgan fingerprint density at radius 1 is 1.42 bits per heavy atom. The van der Waals surface area contributed by atoms with Crippen LogP contribution in [0, 0.1) is 5.41 Å². The molecule has 0 bridgehead atoms. The third kappa shape index (κ3) is 4.99. The summed E-state index contributed by atoms with van der Waals surface area (Å²) in [5.41, 5.74) is 6.38. The first kappa shape index (κ1) is 21.0. The molecule has 0 saturated carbocycles. The van der Waals surface area contributed by atoms with Crippen LogP contribution in [-0.2, 0) is 10.0 Å². The molecule has 9 heteroatoms. The second-order valence-electron chi connectivity index (χ2n) is 6.67. The molecule has 1 fully saturated rings. The zero-order valence-electron chi connectivity index (χ0n) is 13.9. The summed E-state index contributed by atoms with van der Waals surface area (Å²) in [6.45, 7) is 5.08. The van der Waals surface area contributed by atoms with Crippen molar-refractivity contribution in [3.63, 3.8) is 0 Å². The van der Waals surface area contributed by atoms with Crippen LogP contribution in [0.5, 0.6) is 0 Å². The molecule has 1 aromatic carbocycles. The van der Waals surface area contributed by atoms with E-state index in [0.29, 0.717) is 24.5 Å². The lowest BCUT2D eigenvalue weighted by Gasteiger charge is -2.42. The number of likely N-dealkylation sites (tertiary alicyclic amines) is 1. The highest BCUT2D eigenvalue weighted by atomic mass is 35.5. The number of hydrogen-bond acceptors (Lipinski definition) is 4. The molecular formula is C15H23Cl2N3O3S. The fourth-order valence-corrected chi connectivity index (χ4v) is 3.45. The Labute approximate surface area is 154 Å². The van der Waals surface area contributed by atoms with Crippen LogP contribution in [-0.4, -0.2) is 44.6 Å². The van der Waals surface area contributed by atoms with Gasteiger partial charge in [0.05, 0.1) is 17.5 Å². The van der Waals surface area contributed by atoms with Gasteiger partial charge in [0.25, 0.3) is 5.91 Å². The zero-order chi connectivity index (χ0) is 17.4. The molecule has 1 amide bonds. The molecule has 24 heavy (non-hydrogen) atoms. The summed E-state index contributed by atoms with van der Waals surface area (Å²) in [5, 5.41) is 0.375. The molecule has 1 aliphatic rings. The van der Waals surface area contributed by atoms with Crippen LogP contribution in [0.2, 0.25) is 5.02 Å². The number of rotatable bonds is 3. The van der Waals surface area contributed by atoms with Crippen molar-refractivity contribution < 1.29 is 13.2 Å². The molecule has 6 nitrogen and oxygen atoms in total. The summed E-state index contributed by atoms with van der Waals surface area (Å²) >= 11 is 5.98. The minimum absolute atomic E-state index is 0. The predicted molar refractivity (Wildman–Crippen MR) is 99.4 cm³/mol. The number of halogens is 2. The number of nitrogens with one attached hydrogen (secondary N) is 1. The second-order valence-corrected chi connectivity index (χ2v) is 8.86. The van der Waals surface area contributed by atoms with Crippen molar-refractivity contribution in [2.45, 2.75) is 26.3 Å². The maximum absolute atomic E-state index is 12.8. The highest BCUT2D eigenvalue weighted by Gasteiger charge is 2.36. The van der Waals surface area contributed by atoms with Gasteiger partial charge in [0.1, 0.15) is 0 Å². The Hall–Kier alpha value is -1.02. The Morgan fingerprint density at radius 3 is 2.58 bits per heavy atom. The molecule has 1 aromatic rings. The number of carbonyl (C=O) groups excluding carboxylic acids is 1. The molecule has 0 spiro atoms. The van der Waals surface area contributed by atoms with E-state index in [2.05, 4.69) is 4.72 Å². The van der Waals surface area contributed by atoms with Gasteiger partial charge in [0.15, 0.2) is 0 Å². The van der Waals surface area contributed by atoms with Gasteiger partial charge in [-0.05, 0) is 30.0 Å². The smallest absolute Gasteiger partial charge is 0.256 e. The van der Waals surface area contributed by atoms with Crippen LogP contribution < -0.4 is 10.5 Å². The van der Waals surface area contributed by atoms with E-state index >= 15 is 0 Å². The highest BCUT2D eigenvalue weighted by molar-refractivity contribution is 7.92. The van der Waals surface area contributed by atoms with Gasteiger partial charge in [0.2, 0.25) is 10.0 Å². The van der Waals surface area contributed by atoms with E-state index in [4.69, 9.17) is 17.3 Å². The van der Waals surface area contributed by atoms with E-state index in [-0.39, 0.29) is 41.0 Å². The lowest BCUT2D eigenvalue weighted by Crippen LogP contribution is -2.54. The molecular weight excluding hydrogens is 373 g/mol. The number of sulfonamides is 1. The summed E-state index contributed by atoms with van der Waals surface area (Å²) in [6, 6.07) is 4.55. The van der Waals surface area contributed by atoms with Crippen molar-refractivity contribution in [2.24, 2.45) is 11.1 Å². The lowest BCUT2D eigenvalue weighted by atomic mass is 9.79. The van der Waals surface area contributed by atoms with E-state index in [1.165, 1.54) is 12.1 Å². The summed E-state index contributed by atoms with van der Waals surface area (Å²) in [7, 11) is -3.49. The number of amides is 1. The lowest BCUT2D eigenvalue weighted by molar-refractivity contribution is 0.0534. The van der Waals surface area contributed by atoms with Crippen molar-refractivity contribution in [1.82, 2.24) is 4.90 Å². The second kappa shape index (κ2) is 7.47. The van der Waals surface area contributed by atoms with Gasteiger partial charge < -0.3 is 10.6 Å².